The monoisotopic (exact) mass is 896 g/mol. The Hall–Kier alpha value is -2.44. The molecule has 0 aliphatic rings. The van der Waals surface area contributed by atoms with Gasteiger partial charge in [-0.05, 0) is 77.0 Å². The Morgan fingerprint density at radius 3 is 1.41 bits per heavy atom. The van der Waals surface area contributed by atoms with Gasteiger partial charge in [-0.25, -0.2) is 0 Å². The first kappa shape index (κ1) is 61.6. The molecule has 1 amide bonds. The molecule has 64 heavy (non-hydrogen) atoms. The van der Waals surface area contributed by atoms with E-state index in [1.54, 1.807) is 0 Å². The maximum Gasteiger partial charge on any atom is 0.306 e. The van der Waals surface area contributed by atoms with E-state index in [9.17, 15) is 19.8 Å². The number of amides is 1. The van der Waals surface area contributed by atoms with E-state index in [0.717, 1.165) is 89.9 Å². The zero-order valence-corrected chi connectivity index (χ0v) is 42.4. The molecule has 0 aliphatic carbocycles. The number of carbonyl (C=O) groups excluding carboxylic acids is 2. The van der Waals surface area contributed by atoms with Crippen molar-refractivity contribution < 1.29 is 24.5 Å². The zero-order valence-electron chi connectivity index (χ0n) is 42.4. The number of allylic oxidation sites excluding steroid dienone is 10. The standard InChI is InChI=1S/C58H105NO5/c1-4-7-10-13-16-19-22-25-28-29-30-32-35-38-41-44-47-50-56(61)55(53-60)59-57(62)52-54(49-46-43-40-37-34-31-26-23-20-17-14-11-8-5-2)64-58(63)51-48-45-42-39-36-33-27-24-21-18-15-12-9-6-3/h9,12,18,21,27,31,33-34,37,40,54-56,60-61H,4-8,10-11,13-17,19-20,22-26,28-30,32,35-36,38-39,41-53H2,1-3H3,(H,59,62)/b12-9+,21-18+,33-27+,34-31+,40-37+. The molecule has 0 rings (SSSR count). The van der Waals surface area contributed by atoms with Crippen LogP contribution in [0, 0.1) is 0 Å². The number of rotatable bonds is 49. The minimum absolute atomic E-state index is 0.0348. The summed E-state index contributed by atoms with van der Waals surface area (Å²) < 4.78 is 5.91. The van der Waals surface area contributed by atoms with Gasteiger partial charge < -0.3 is 20.3 Å². The Kier molecular flexibility index (Phi) is 49.6. The maximum absolute atomic E-state index is 13.2. The molecule has 3 unspecified atom stereocenters. The van der Waals surface area contributed by atoms with Gasteiger partial charge in [0.1, 0.15) is 6.10 Å². The quantitative estimate of drug-likeness (QED) is 0.0245. The highest BCUT2D eigenvalue weighted by atomic mass is 16.5. The van der Waals surface area contributed by atoms with Crippen molar-refractivity contribution in [3.63, 3.8) is 0 Å². The average molecular weight is 896 g/mol. The number of aliphatic hydroxyl groups is 2. The Morgan fingerprint density at radius 1 is 0.484 bits per heavy atom. The molecule has 0 aromatic rings. The van der Waals surface area contributed by atoms with Crippen LogP contribution in [0.4, 0.5) is 0 Å². The van der Waals surface area contributed by atoms with Gasteiger partial charge in [0.2, 0.25) is 5.91 Å². The third kappa shape index (κ3) is 46.1. The van der Waals surface area contributed by atoms with Crippen molar-refractivity contribution >= 4 is 11.9 Å². The van der Waals surface area contributed by atoms with E-state index in [-0.39, 0.29) is 24.9 Å². The molecule has 0 aromatic carbocycles. The normalized spacial score (nSPS) is 13.6. The van der Waals surface area contributed by atoms with Crippen molar-refractivity contribution in [2.75, 3.05) is 6.61 Å². The summed E-state index contributed by atoms with van der Waals surface area (Å²) in [7, 11) is 0. The molecule has 0 heterocycles. The fourth-order valence-electron chi connectivity index (χ4n) is 8.21. The van der Waals surface area contributed by atoms with Crippen molar-refractivity contribution in [2.45, 2.75) is 289 Å². The fraction of sp³-hybridized carbons (Fsp3) is 0.793. The van der Waals surface area contributed by atoms with Crippen LogP contribution in [0.5, 0.6) is 0 Å². The van der Waals surface area contributed by atoms with Gasteiger partial charge in [-0.2, -0.15) is 0 Å². The van der Waals surface area contributed by atoms with Crippen LogP contribution in [0.2, 0.25) is 0 Å². The first-order valence-electron chi connectivity index (χ1n) is 27.5. The van der Waals surface area contributed by atoms with Crippen LogP contribution in [-0.4, -0.2) is 46.9 Å². The van der Waals surface area contributed by atoms with E-state index in [1.807, 2.05) is 0 Å². The van der Waals surface area contributed by atoms with Gasteiger partial charge in [-0.15, -0.1) is 0 Å². The first-order chi connectivity index (χ1) is 31.5. The van der Waals surface area contributed by atoms with Gasteiger partial charge in [0.15, 0.2) is 0 Å². The molecule has 3 N–H and O–H groups in total. The molecule has 0 bridgehead atoms. The number of ether oxygens (including phenoxy) is 1. The van der Waals surface area contributed by atoms with Crippen LogP contribution in [0.3, 0.4) is 0 Å². The number of hydrogen-bond donors (Lipinski definition) is 3. The highest BCUT2D eigenvalue weighted by Crippen LogP contribution is 2.17. The second kappa shape index (κ2) is 51.5. The summed E-state index contributed by atoms with van der Waals surface area (Å²) in [5.41, 5.74) is 0. The Bertz CT molecular complexity index is 1140. The Balaban J connectivity index is 4.61. The molecule has 3 atom stereocenters. The molecule has 0 fully saturated rings. The van der Waals surface area contributed by atoms with Gasteiger partial charge in [-0.3, -0.25) is 9.59 Å². The molecule has 6 heteroatoms. The highest BCUT2D eigenvalue weighted by molar-refractivity contribution is 5.77. The second-order valence-corrected chi connectivity index (χ2v) is 18.6. The topological polar surface area (TPSA) is 95.9 Å². The number of carbonyl (C=O) groups is 2. The molecule has 0 spiro atoms. The molecule has 0 saturated heterocycles. The van der Waals surface area contributed by atoms with Crippen LogP contribution in [0.1, 0.15) is 271 Å². The summed E-state index contributed by atoms with van der Waals surface area (Å²) in [6.07, 6.45) is 64.3. The van der Waals surface area contributed by atoms with Crippen LogP contribution in [-0.2, 0) is 14.3 Å². The van der Waals surface area contributed by atoms with Crippen molar-refractivity contribution in [1.29, 1.82) is 0 Å². The lowest BCUT2D eigenvalue weighted by Gasteiger charge is -2.24. The van der Waals surface area contributed by atoms with E-state index in [4.69, 9.17) is 4.74 Å². The third-order valence-corrected chi connectivity index (χ3v) is 12.4. The predicted octanol–water partition coefficient (Wildman–Crippen LogP) is 16.8. The minimum atomic E-state index is -0.805. The molecule has 6 nitrogen and oxygen atoms in total. The molecule has 0 radical (unpaired) electrons. The molecule has 0 aromatic heterocycles. The zero-order chi connectivity index (χ0) is 46.7. The van der Waals surface area contributed by atoms with E-state index >= 15 is 0 Å². The van der Waals surface area contributed by atoms with E-state index in [0.29, 0.717) is 19.3 Å². The smallest absolute Gasteiger partial charge is 0.306 e. The predicted molar refractivity (Wildman–Crippen MR) is 278 cm³/mol. The van der Waals surface area contributed by atoms with Gasteiger partial charge in [0.25, 0.3) is 0 Å². The third-order valence-electron chi connectivity index (χ3n) is 12.4. The number of esters is 1. The number of unbranched alkanes of at least 4 members (excludes halogenated alkanes) is 28. The van der Waals surface area contributed by atoms with Gasteiger partial charge in [0.05, 0.1) is 25.2 Å². The van der Waals surface area contributed by atoms with E-state index in [2.05, 4.69) is 86.8 Å². The number of aliphatic hydroxyl groups excluding tert-OH is 2. The summed E-state index contributed by atoms with van der Waals surface area (Å²) in [5, 5.41) is 23.8. The lowest BCUT2D eigenvalue weighted by atomic mass is 10.0. The molecule has 0 aliphatic heterocycles. The Morgan fingerprint density at radius 2 is 0.906 bits per heavy atom. The number of hydrogen-bond acceptors (Lipinski definition) is 5. The summed E-state index contributed by atoms with van der Waals surface area (Å²) in [5.74, 6) is -0.543. The summed E-state index contributed by atoms with van der Waals surface area (Å²) >= 11 is 0. The summed E-state index contributed by atoms with van der Waals surface area (Å²) in [6.45, 7) is 6.36. The van der Waals surface area contributed by atoms with Gasteiger partial charge in [-0.1, -0.05) is 242 Å². The number of nitrogens with one attached hydrogen (secondary N) is 1. The summed E-state index contributed by atoms with van der Waals surface area (Å²) in [4.78, 5) is 26.2. The average Bonchev–Trinajstić information content (AvgIpc) is 3.29. The fourth-order valence-corrected chi connectivity index (χ4v) is 8.21. The maximum atomic E-state index is 13.2. The van der Waals surface area contributed by atoms with Crippen molar-refractivity contribution in [2.24, 2.45) is 0 Å². The van der Waals surface area contributed by atoms with E-state index in [1.165, 1.54) is 135 Å². The van der Waals surface area contributed by atoms with Crippen LogP contribution < -0.4 is 5.32 Å². The molecular formula is C58H105NO5. The van der Waals surface area contributed by atoms with E-state index < -0.39 is 18.2 Å². The SMILES string of the molecule is CC/C=C/C/C=C/C/C=C/CCCCCCC(=O)OC(CCC/C=C/C=C/CCCCCCCCC)CC(=O)NC(CO)C(O)CCCCCCCCCCCCCCCCCCC. The highest BCUT2D eigenvalue weighted by Gasteiger charge is 2.24. The molecule has 0 saturated carbocycles. The van der Waals surface area contributed by atoms with Gasteiger partial charge >= 0.3 is 5.97 Å². The second-order valence-electron chi connectivity index (χ2n) is 18.6. The Labute approximate surface area is 397 Å². The lowest BCUT2D eigenvalue weighted by molar-refractivity contribution is -0.151. The van der Waals surface area contributed by atoms with Crippen molar-refractivity contribution in [3.8, 4) is 0 Å². The van der Waals surface area contributed by atoms with Crippen molar-refractivity contribution in [3.05, 3.63) is 60.8 Å². The lowest BCUT2D eigenvalue weighted by Crippen LogP contribution is -2.46. The van der Waals surface area contributed by atoms with Crippen LogP contribution >= 0.6 is 0 Å². The van der Waals surface area contributed by atoms with Crippen molar-refractivity contribution in [1.82, 2.24) is 5.32 Å². The largest absolute Gasteiger partial charge is 0.462 e. The molecular weight excluding hydrogens is 791 g/mol. The minimum Gasteiger partial charge on any atom is -0.462 e. The molecule has 372 valence electrons. The summed E-state index contributed by atoms with van der Waals surface area (Å²) in [6, 6.07) is -0.722. The van der Waals surface area contributed by atoms with Crippen LogP contribution in [0.25, 0.3) is 0 Å². The van der Waals surface area contributed by atoms with Crippen LogP contribution in [0.15, 0.2) is 60.8 Å². The first-order valence-corrected chi connectivity index (χ1v) is 27.5. The van der Waals surface area contributed by atoms with Gasteiger partial charge in [0, 0.05) is 6.42 Å².